The van der Waals surface area contributed by atoms with E-state index in [0.29, 0.717) is 5.69 Å². The van der Waals surface area contributed by atoms with Crippen LogP contribution in [0.25, 0.3) is 33.2 Å². The first-order valence-electron chi connectivity index (χ1n) is 7.53. The third-order valence-corrected chi connectivity index (χ3v) is 4.31. The number of hydrogen-bond donors (Lipinski definition) is 1. The van der Waals surface area contributed by atoms with E-state index in [1.54, 1.807) is 18.3 Å². The predicted octanol–water partition coefficient (Wildman–Crippen LogP) is 4.30. The highest BCUT2D eigenvalue weighted by molar-refractivity contribution is 5.96. The fourth-order valence-electron chi connectivity index (χ4n) is 2.83. The second-order valence-electron chi connectivity index (χ2n) is 5.87. The van der Waals surface area contributed by atoms with E-state index >= 15 is 0 Å². The minimum atomic E-state index is -0.394. The van der Waals surface area contributed by atoms with Crippen LogP contribution in [0.4, 0.5) is 5.69 Å². The minimum absolute atomic E-state index is 0.0589. The first-order chi connectivity index (χ1) is 11.5. The van der Waals surface area contributed by atoms with Gasteiger partial charge in [0.2, 0.25) is 0 Å². The molecule has 2 heterocycles. The fourth-order valence-corrected chi connectivity index (χ4v) is 2.83. The van der Waals surface area contributed by atoms with Crippen molar-refractivity contribution in [3.05, 3.63) is 64.0 Å². The van der Waals surface area contributed by atoms with E-state index in [9.17, 15) is 10.1 Å². The summed E-state index contributed by atoms with van der Waals surface area (Å²) in [4.78, 5) is 22.9. The van der Waals surface area contributed by atoms with Crippen LogP contribution in [-0.2, 0) is 0 Å². The second-order valence-corrected chi connectivity index (χ2v) is 5.87. The zero-order chi connectivity index (χ0) is 16.8. The molecule has 0 radical (unpaired) electrons. The maximum absolute atomic E-state index is 11.0. The van der Waals surface area contributed by atoms with Crippen LogP contribution >= 0.6 is 0 Å². The molecule has 4 rings (SSSR count). The summed E-state index contributed by atoms with van der Waals surface area (Å²) in [6.45, 7) is 4.08. The third kappa shape index (κ3) is 2.20. The summed E-state index contributed by atoms with van der Waals surface area (Å²) in [6.07, 6.45) is 3.52. The number of aromatic nitrogens is 3. The lowest BCUT2D eigenvalue weighted by Gasteiger charge is -2.05. The molecule has 4 aromatic rings. The largest absolute Gasteiger partial charge is 0.360 e. The molecule has 24 heavy (non-hydrogen) atoms. The number of nitro groups is 1. The fraction of sp³-hybridized carbons (Fsp3) is 0.111. The van der Waals surface area contributed by atoms with Crippen molar-refractivity contribution in [2.45, 2.75) is 13.8 Å². The minimum Gasteiger partial charge on any atom is -0.360 e. The normalized spacial score (nSPS) is 11.2. The van der Waals surface area contributed by atoms with E-state index < -0.39 is 4.92 Å². The van der Waals surface area contributed by atoms with E-state index in [-0.39, 0.29) is 5.69 Å². The van der Waals surface area contributed by atoms with Gasteiger partial charge in [0.25, 0.3) is 5.69 Å². The van der Waals surface area contributed by atoms with Gasteiger partial charge in [0.1, 0.15) is 0 Å². The molecule has 0 atom stereocenters. The van der Waals surface area contributed by atoms with Crippen LogP contribution in [0.3, 0.4) is 0 Å². The smallest absolute Gasteiger partial charge is 0.270 e. The SMILES string of the molecule is Cc1cc2ncc(-c3c[nH]c4ccc([N+](=O)[O-])cc34)nc2cc1C. The van der Waals surface area contributed by atoms with Gasteiger partial charge in [-0.25, -0.2) is 4.98 Å². The number of H-pyrrole nitrogens is 1. The number of hydrogen-bond acceptors (Lipinski definition) is 4. The molecule has 6 heteroatoms. The molecule has 0 amide bonds. The standard InChI is InChI=1S/C18H14N4O2/c1-10-5-16-17(6-11(10)2)21-18(9-20-16)14-8-19-15-4-3-12(22(23)24)7-13(14)15/h3-9,19H,1-2H3. The van der Waals surface area contributed by atoms with Crippen molar-refractivity contribution in [1.82, 2.24) is 15.0 Å². The Balaban J connectivity index is 1.93. The zero-order valence-electron chi connectivity index (χ0n) is 13.2. The van der Waals surface area contributed by atoms with Gasteiger partial charge in [-0.05, 0) is 43.2 Å². The van der Waals surface area contributed by atoms with Crippen LogP contribution in [0.5, 0.6) is 0 Å². The Bertz CT molecular complexity index is 1110. The van der Waals surface area contributed by atoms with E-state index in [4.69, 9.17) is 4.98 Å². The molecule has 0 spiro atoms. The molecule has 118 valence electrons. The van der Waals surface area contributed by atoms with E-state index in [1.165, 1.54) is 11.6 Å². The molecule has 0 aliphatic rings. The van der Waals surface area contributed by atoms with E-state index in [1.807, 2.05) is 32.2 Å². The van der Waals surface area contributed by atoms with Crippen LogP contribution in [0.2, 0.25) is 0 Å². The molecular weight excluding hydrogens is 304 g/mol. The number of non-ortho nitro benzene ring substituents is 1. The number of fused-ring (bicyclic) bond motifs is 2. The summed E-state index contributed by atoms with van der Waals surface area (Å²) in [6, 6.07) is 8.78. The first-order valence-corrected chi connectivity index (χ1v) is 7.53. The van der Waals surface area contributed by atoms with Gasteiger partial charge < -0.3 is 4.98 Å². The van der Waals surface area contributed by atoms with Gasteiger partial charge in [-0.3, -0.25) is 15.1 Å². The summed E-state index contributed by atoms with van der Waals surface area (Å²) in [5.74, 6) is 0. The Morgan fingerprint density at radius 1 is 1.08 bits per heavy atom. The van der Waals surface area contributed by atoms with Crippen LogP contribution < -0.4 is 0 Å². The topological polar surface area (TPSA) is 84.7 Å². The molecule has 0 bridgehead atoms. The van der Waals surface area contributed by atoms with Gasteiger partial charge in [0.15, 0.2) is 0 Å². The summed E-state index contributed by atoms with van der Waals surface area (Å²) >= 11 is 0. The van der Waals surface area contributed by atoms with Gasteiger partial charge in [0, 0.05) is 34.8 Å². The predicted molar refractivity (Wildman–Crippen MR) is 93.0 cm³/mol. The number of aryl methyl sites for hydroxylation is 2. The van der Waals surface area contributed by atoms with Gasteiger partial charge in [-0.2, -0.15) is 0 Å². The van der Waals surface area contributed by atoms with Crippen molar-refractivity contribution in [2.75, 3.05) is 0 Å². The lowest BCUT2D eigenvalue weighted by Crippen LogP contribution is -1.91. The maximum Gasteiger partial charge on any atom is 0.270 e. The van der Waals surface area contributed by atoms with Crippen LogP contribution in [0.1, 0.15) is 11.1 Å². The molecular formula is C18H14N4O2. The molecule has 6 nitrogen and oxygen atoms in total. The highest BCUT2D eigenvalue weighted by Gasteiger charge is 2.13. The Morgan fingerprint density at radius 2 is 1.83 bits per heavy atom. The molecule has 0 unspecified atom stereocenters. The van der Waals surface area contributed by atoms with Gasteiger partial charge in [-0.15, -0.1) is 0 Å². The van der Waals surface area contributed by atoms with Crippen molar-refractivity contribution in [3.63, 3.8) is 0 Å². The number of rotatable bonds is 2. The zero-order valence-corrected chi connectivity index (χ0v) is 13.2. The monoisotopic (exact) mass is 318 g/mol. The van der Waals surface area contributed by atoms with Crippen molar-refractivity contribution in [3.8, 4) is 11.3 Å². The average molecular weight is 318 g/mol. The van der Waals surface area contributed by atoms with Crippen LogP contribution in [0.15, 0.2) is 42.7 Å². The van der Waals surface area contributed by atoms with Crippen molar-refractivity contribution < 1.29 is 4.92 Å². The van der Waals surface area contributed by atoms with Crippen LogP contribution in [0, 0.1) is 24.0 Å². The van der Waals surface area contributed by atoms with Gasteiger partial charge in [-0.1, -0.05) is 0 Å². The summed E-state index contributed by atoms with van der Waals surface area (Å²) in [5.41, 5.74) is 6.37. The molecule has 0 aliphatic carbocycles. The molecule has 2 aromatic heterocycles. The van der Waals surface area contributed by atoms with Gasteiger partial charge >= 0.3 is 0 Å². The molecule has 1 N–H and O–H groups in total. The highest BCUT2D eigenvalue weighted by atomic mass is 16.6. The number of nitrogens with zero attached hydrogens (tertiary/aromatic N) is 3. The van der Waals surface area contributed by atoms with Crippen LogP contribution in [-0.4, -0.2) is 19.9 Å². The Kier molecular flexibility index (Phi) is 3.06. The summed E-state index contributed by atoms with van der Waals surface area (Å²) in [7, 11) is 0. The second kappa shape index (κ2) is 5.13. The average Bonchev–Trinajstić information content (AvgIpc) is 2.98. The first kappa shape index (κ1) is 14.3. The summed E-state index contributed by atoms with van der Waals surface area (Å²) < 4.78 is 0. The lowest BCUT2D eigenvalue weighted by atomic mass is 10.1. The van der Waals surface area contributed by atoms with Crippen molar-refractivity contribution in [2.24, 2.45) is 0 Å². The number of nitrogens with one attached hydrogen (secondary N) is 1. The Hall–Kier alpha value is -3.28. The van der Waals surface area contributed by atoms with Crippen molar-refractivity contribution in [1.29, 1.82) is 0 Å². The quantitative estimate of drug-likeness (QED) is 0.441. The molecule has 2 aromatic carbocycles. The highest BCUT2D eigenvalue weighted by Crippen LogP contribution is 2.30. The lowest BCUT2D eigenvalue weighted by molar-refractivity contribution is -0.384. The summed E-state index contributed by atoms with van der Waals surface area (Å²) in [5, 5.41) is 11.8. The molecule has 0 aliphatic heterocycles. The van der Waals surface area contributed by atoms with E-state index in [0.717, 1.165) is 33.1 Å². The van der Waals surface area contributed by atoms with E-state index in [2.05, 4.69) is 9.97 Å². The third-order valence-electron chi connectivity index (χ3n) is 4.31. The molecule has 0 saturated heterocycles. The number of benzene rings is 2. The number of nitro benzene ring substituents is 1. The number of aromatic amines is 1. The molecule has 0 fully saturated rings. The Labute approximate surface area is 137 Å². The Morgan fingerprint density at radius 3 is 2.58 bits per heavy atom. The molecule has 0 saturated carbocycles. The van der Waals surface area contributed by atoms with Crippen molar-refractivity contribution >= 4 is 27.6 Å². The van der Waals surface area contributed by atoms with Gasteiger partial charge in [0.05, 0.1) is 27.8 Å². The maximum atomic E-state index is 11.0.